The molecule has 1 saturated heterocycles. The molecule has 3 aromatic carbocycles. The highest BCUT2D eigenvalue weighted by Crippen LogP contribution is 2.36. The van der Waals surface area contributed by atoms with Crippen molar-refractivity contribution < 1.29 is 14.3 Å². The Hall–Kier alpha value is -3.29. The van der Waals surface area contributed by atoms with E-state index in [1.54, 1.807) is 13.2 Å². The highest BCUT2D eigenvalue weighted by atomic mass is 127. The number of methoxy groups -OCH3 is 1. The van der Waals surface area contributed by atoms with Crippen LogP contribution in [0.4, 0.5) is 5.69 Å². The summed E-state index contributed by atoms with van der Waals surface area (Å²) in [7, 11) is 1.57. The number of halogens is 1. The van der Waals surface area contributed by atoms with Gasteiger partial charge in [-0.2, -0.15) is 5.26 Å². The number of nitriles is 1. The van der Waals surface area contributed by atoms with E-state index in [4.69, 9.17) is 9.47 Å². The molecule has 1 N–H and O–H groups in total. The Kier molecular flexibility index (Phi) is 8.10. The number of amidine groups is 1. The summed E-state index contributed by atoms with van der Waals surface area (Å²) in [5.74, 6) is 0.942. The Bertz CT molecular complexity index is 1360. The van der Waals surface area contributed by atoms with Gasteiger partial charge in [-0.05, 0) is 88.3 Å². The first kappa shape index (κ1) is 24.8. The van der Waals surface area contributed by atoms with Crippen molar-refractivity contribution in [1.29, 1.82) is 5.26 Å². The number of aryl methyl sites for hydroxylation is 1. The molecule has 6 nitrogen and oxygen atoms in total. The van der Waals surface area contributed by atoms with Gasteiger partial charge in [-0.3, -0.25) is 4.79 Å². The first-order valence-electron chi connectivity index (χ1n) is 10.9. The lowest BCUT2D eigenvalue weighted by molar-refractivity contribution is -0.115. The SMILES string of the molecule is CCc1ccc(N=C2NC(=O)/C(=C/c3cc(I)c(OCc4ccccc4C#N)c(OC)c3)S2)cc1. The fourth-order valence-corrected chi connectivity index (χ4v) is 5.05. The van der Waals surface area contributed by atoms with E-state index in [1.807, 2.05) is 60.7 Å². The summed E-state index contributed by atoms with van der Waals surface area (Å²) in [5.41, 5.74) is 4.21. The second-order valence-electron chi connectivity index (χ2n) is 7.59. The molecule has 0 bridgehead atoms. The largest absolute Gasteiger partial charge is 0.493 e. The van der Waals surface area contributed by atoms with Gasteiger partial charge in [0.05, 0.1) is 32.9 Å². The highest BCUT2D eigenvalue weighted by Gasteiger charge is 2.24. The van der Waals surface area contributed by atoms with E-state index in [2.05, 4.69) is 45.9 Å². The average molecular weight is 595 g/mol. The maximum absolute atomic E-state index is 12.5. The third-order valence-corrected chi connectivity index (χ3v) is 7.00. The number of rotatable bonds is 7. The third kappa shape index (κ3) is 6.05. The lowest BCUT2D eigenvalue weighted by Gasteiger charge is -2.14. The summed E-state index contributed by atoms with van der Waals surface area (Å²) < 4.78 is 12.4. The van der Waals surface area contributed by atoms with Gasteiger partial charge in [0.1, 0.15) is 6.61 Å². The number of nitrogens with one attached hydrogen (secondary N) is 1. The topological polar surface area (TPSA) is 83.7 Å². The van der Waals surface area contributed by atoms with Crippen LogP contribution in [0.1, 0.15) is 29.2 Å². The molecule has 1 aliphatic rings. The number of carbonyl (C=O) groups excluding carboxylic acids is 1. The van der Waals surface area contributed by atoms with Crippen molar-refractivity contribution in [3.05, 3.63) is 91.4 Å². The van der Waals surface area contributed by atoms with Crippen LogP contribution in [-0.2, 0) is 17.8 Å². The number of aliphatic imine (C=N–C) groups is 1. The van der Waals surface area contributed by atoms with Crippen LogP contribution in [0.25, 0.3) is 6.08 Å². The maximum atomic E-state index is 12.5. The summed E-state index contributed by atoms with van der Waals surface area (Å²) in [6.07, 6.45) is 2.77. The summed E-state index contributed by atoms with van der Waals surface area (Å²) in [6.45, 7) is 2.35. The van der Waals surface area contributed by atoms with E-state index in [0.717, 1.165) is 26.8 Å². The number of nitrogens with zero attached hydrogens (tertiary/aromatic N) is 2. The number of benzene rings is 3. The molecule has 0 aromatic heterocycles. The minimum absolute atomic E-state index is 0.193. The summed E-state index contributed by atoms with van der Waals surface area (Å²) >= 11 is 3.48. The van der Waals surface area contributed by atoms with Gasteiger partial charge in [-0.1, -0.05) is 37.3 Å². The number of amides is 1. The molecule has 1 fully saturated rings. The fourth-order valence-electron chi connectivity index (χ4n) is 3.42. The van der Waals surface area contributed by atoms with Crippen molar-refractivity contribution in [3.63, 3.8) is 0 Å². The van der Waals surface area contributed by atoms with Crippen LogP contribution in [0.3, 0.4) is 0 Å². The smallest absolute Gasteiger partial charge is 0.264 e. The van der Waals surface area contributed by atoms with E-state index in [1.165, 1.54) is 17.3 Å². The van der Waals surface area contributed by atoms with Crippen molar-refractivity contribution in [2.75, 3.05) is 7.11 Å². The minimum atomic E-state index is -0.193. The number of ether oxygens (including phenoxy) is 2. The molecular formula is C27H22IN3O3S. The van der Waals surface area contributed by atoms with E-state index in [0.29, 0.717) is 27.1 Å². The summed E-state index contributed by atoms with van der Waals surface area (Å²) in [6, 6.07) is 21.2. The van der Waals surface area contributed by atoms with Crippen LogP contribution in [0, 0.1) is 14.9 Å². The molecule has 0 aliphatic carbocycles. The van der Waals surface area contributed by atoms with Crippen molar-refractivity contribution in [1.82, 2.24) is 5.32 Å². The molecule has 176 valence electrons. The van der Waals surface area contributed by atoms with Crippen LogP contribution in [0.15, 0.2) is 70.6 Å². The third-order valence-electron chi connectivity index (χ3n) is 5.29. The Balaban J connectivity index is 1.53. The molecule has 0 atom stereocenters. The van der Waals surface area contributed by atoms with Crippen molar-refractivity contribution >= 4 is 57.2 Å². The minimum Gasteiger partial charge on any atom is -0.493 e. The van der Waals surface area contributed by atoms with E-state index < -0.39 is 0 Å². The quantitative estimate of drug-likeness (QED) is 0.260. The lowest BCUT2D eigenvalue weighted by atomic mass is 10.1. The molecule has 4 rings (SSSR count). The molecule has 1 amide bonds. The molecule has 0 unspecified atom stereocenters. The zero-order valence-corrected chi connectivity index (χ0v) is 22.1. The van der Waals surface area contributed by atoms with Gasteiger partial charge in [-0.25, -0.2) is 4.99 Å². The second-order valence-corrected chi connectivity index (χ2v) is 9.79. The van der Waals surface area contributed by atoms with Gasteiger partial charge >= 0.3 is 0 Å². The molecule has 1 aliphatic heterocycles. The zero-order chi connectivity index (χ0) is 24.8. The fraction of sp³-hybridized carbons (Fsp3) is 0.148. The Labute approximate surface area is 222 Å². The zero-order valence-electron chi connectivity index (χ0n) is 19.2. The normalized spacial score (nSPS) is 15.2. The van der Waals surface area contributed by atoms with Gasteiger partial charge < -0.3 is 14.8 Å². The van der Waals surface area contributed by atoms with Crippen molar-refractivity contribution in [3.8, 4) is 17.6 Å². The molecule has 3 aromatic rings. The van der Waals surface area contributed by atoms with E-state index >= 15 is 0 Å². The molecule has 8 heteroatoms. The first-order chi connectivity index (χ1) is 17.0. The average Bonchev–Trinajstić information content (AvgIpc) is 3.21. The van der Waals surface area contributed by atoms with Crippen LogP contribution in [0.2, 0.25) is 0 Å². The predicted molar refractivity (Wildman–Crippen MR) is 148 cm³/mol. The predicted octanol–water partition coefficient (Wildman–Crippen LogP) is 6.20. The Morgan fingerprint density at radius 1 is 1.17 bits per heavy atom. The van der Waals surface area contributed by atoms with Crippen LogP contribution in [0.5, 0.6) is 11.5 Å². The van der Waals surface area contributed by atoms with E-state index in [9.17, 15) is 10.1 Å². The number of carbonyl (C=O) groups is 1. The monoisotopic (exact) mass is 595 g/mol. The van der Waals surface area contributed by atoms with Gasteiger partial charge in [0.15, 0.2) is 16.7 Å². The second kappa shape index (κ2) is 11.4. The molecule has 0 saturated carbocycles. The highest BCUT2D eigenvalue weighted by molar-refractivity contribution is 14.1. The number of hydrogen-bond acceptors (Lipinski definition) is 6. The standard InChI is InChI=1S/C27H22IN3O3S/c1-3-17-8-10-21(11-9-17)30-27-31-26(32)24(35-27)14-18-12-22(28)25(23(13-18)33-2)34-16-20-7-5-4-6-19(20)15-29/h4-14H,3,16H2,1-2H3,(H,30,31,32)/b24-14-. The molecule has 0 spiro atoms. The molecule has 35 heavy (non-hydrogen) atoms. The van der Waals surface area contributed by atoms with Gasteiger partial charge in [0.25, 0.3) is 5.91 Å². The Morgan fingerprint density at radius 3 is 2.66 bits per heavy atom. The molecule has 0 radical (unpaired) electrons. The summed E-state index contributed by atoms with van der Waals surface area (Å²) in [5, 5.41) is 12.7. The number of hydrogen-bond donors (Lipinski definition) is 1. The maximum Gasteiger partial charge on any atom is 0.264 e. The lowest BCUT2D eigenvalue weighted by Crippen LogP contribution is -2.19. The van der Waals surface area contributed by atoms with Gasteiger partial charge in [-0.15, -0.1) is 0 Å². The van der Waals surface area contributed by atoms with Crippen LogP contribution >= 0.6 is 34.4 Å². The van der Waals surface area contributed by atoms with Crippen molar-refractivity contribution in [2.45, 2.75) is 20.0 Å². The van der Waals surface area contributed by atoms with Crippen molar-refractivity contribution in [2.24, 2.45) is 4.99 Å². The molecule has 1 heterocycles. The van der Waals surface area contributed by atoms with Crippen LogP contribution < -0.4 is 14.8 Å². The van der Waals surface area contributed by atoms with Gasteiger partial charge in [0, 0.05) is 5.56 Å². The molecular weight excluding hydrogens is 573 g/mol. The Morgan fingerprint density at radius 2 is 1.94 bits per heavy atom. The summed E-state index contributed by atoms with van der Waals surface area (Å²) in [4.78, 5) is 17.6. The first-order valence-corrected chi connectivity index (χ1v) is 12.8. The van der Waals surface area contributed by atoms with Gasteiger partial charge in [0.2, 0.25) is 0 Å². The van der Waals surface area contributed by atoms with Crippen LogP contribution in [-0.4, -0.2) is 18.2 Å². The number of thioether (sulfide) groups is 1. The van der Waals surface area contributed by atoms with E-state index in [-0.39, 0.29) is 12.5 Å².